The fourth-order valence-corrected chi connectivity index (χ4v) is 1.74. The third-order valence-corrected chi connectivity index (χ3v) is 2.42. The zero-order valence-electron chi connectivity index (χ0n) is 8.29. The molecule has 1 heterocycles. The zero-order chi connectivity index (χ0) is 8.23. The van der Waals surface area contributed by atoms with Gasteiger partial charge in [0.2, 0.25) is 0 Å². The predicted octanol–water partition coefficient (Wildman–Crippen LogP) is -0.519. The average Bonchev–Trinajstić information content (AvgIpc) is 2.21. The molecular weight excluding hydrogens is 153 g/mol. The van der Waals surface area contributed by atoms with Crippen LogP contribution in [-0.2, 0) is 0 Å². The van der Waals surface area contributed by atoms with Crippen molar-refractivity contribution in [2.45, 2.75) is 19.3 Å². The quantitative estimate of drug-likeness (QED) is 0.402. The second-order valence-corrected chi connectivity index (χ2v) is 3.31. The minimum Gasteiger partial charge on any atom is -0.393 e. The molecule has 0 aliphatic carbocycles. The maximum absolute atomic E-state index is 3.05. The Balaban J connectivity index is 0.000000845. The van der Waals surface area contributed by atoms with E-state index >= 15 is 0 Å². The van der Waals surface area contributed by atoms with E-state index in [1.807, 2.05) is 12.1 Å². The molecule has 0 N–H and O–H groups in total. The molecule has 0 spiro atoms. The van der Waals surface area contributed by atoms with Crippen molar-refractivity contribution in [2.75, 3.05) is 18.0 Å². The van der Waals surface area contributed by atoms with Gasteiger partial charge in [-0.25, -0.2) is 0 Å². The summed E-state index contributed by atoms with van der Waals surface area (Å²) in [4.78, 5) is 2.46. The van der Waals surface area contributed by atoms with Crippen molar-refractivity contribution < 1.29 is 18.9 Å². The van der Waals surface area contributed by atoms with Crippen molar-refractivity contribution in [1.82, 2.24) is 0 Å². The summed E-state index contributed by atoms with van der Waals surface area (Å²) in [7, 11) is 0. The summed E-state index contributed by atoms with van der Waals surface area (Å²) in [6.45, 7) is 2.45. The molecule has 0 unspecified atom stereocenters. The Morgan fingerprint density at radius 2 is 1.62 bits per heavy atom. The van der Waals surface area contributed by atoms with Gasteiger partial charge in [-0.1, -0.05) is 5.69 Å². The SMILES string of the molecule is [Li+].[c-]1ccc(N2CCCCC2)cc1. The van der Waals surface area contributed by atoms with E-state index in [9.17, 15) is 0 Å². The van der Waals surface area contributed by atoms with Gasteiger partial charge in [0, 0.05) is 13.1 Å². The van der Waals surface area contributed by atoms with Crippen molar-refractivity contribution >= 4 is 5.69 Å². The monoisotopic (exact) mass is 167 g/mol. The van der Waals surface area contributed by atoms with Gasteiger partial charge in [-0.2, -0.15) is 18.2 Å². The number of hydrogen-bond donors (Lipinski definition) is 0. The first-order chi connectivity index (χ1) is 5.97. The maximum Gasteiger partial charge on any atom is 1.00 e. The van der Waals surface area contributed by atoms with Crippen LogP contribution in [0.4, 0.5) is 5.69 Å². The first kappa shape index (κ1) is 10.7. The zero-order valence-corrected chi connectivity index (χ0v) is 8.29. The first-order valence-corrected chi connectivity index (χ1v) is 4.68. The fraction of sp³-hybridized carbons (Fsp3) is 0.455. The van der Waals surface area contributed by atoms with E-state index in [1.165, 1.54) is 38.0 Å². The summed E-state index contributed by atoms with van der Waals surface area (Å²) in [5.74, 6) is 0. The van der Waals surface area contributed by atoms with Crippen LogP contribution in [0.25, 0.3) is 0 Å². The van der Waals surface area contributed by atoms with E-state index in [0.29, 0.717) is 0 Å². The molecule has 13 heavy (non-hydrogen) atoms. The van der Waals surface area contributed by atoms with E-state index < -0.39 is 0 Å². The summed E-state index contributed by atoms with van der Waals surface area (Å²) in [5, 5.41) is 0. The third kappa shape index (κ3) is 2.79. The van der Waals surface area contributed by atoms with E-state index in [2.05, 4.69) is 23.1 Å². The van der Waals surface area contributed by atoms with Crippen LogP contribution in [0.5, 0.6) is 0 Å². The molecule has 0 radical (unpaired) electrons. The van der Waals surface area contributed by atoms with Crippen molar-refractivity contribution in [3.63, 3.8) is 0 Å². The van der Waals surface area contributed by atoms with Crippen LogP contribution in [0.15, 0.2) is 24.3 Å². The summed E-state index contributed by atoms with van der Waals surface area (Å²) in [6.07, 6.45) is 4.09. The van der Waals surface area contributed by atoms with Crippen LogP contribution < -0.4 is 23.8 Å². The van der Waals surface area contributed by atoms with Gasteiger partial charge in [-0.3, -0.25) is 0 Å². The molecule has 64 valence electrons. The molecule has 1 nitrogen and oxygen atoms in total. The van der Waals surface area contributed by atoms with Gasteiger partial charge in [-0.15, -0.1) is 12.1 Å². The van der Waals surface area contributed by atoms with Gasteiger partial charge in [0.25, 0.3) is 0 Å². The Kier molecular flexibility index (Phi) is 4.42. The van der Waals surface area contributed by atoms with Crippen molar-refractivity contribution in [3.05, 3.63) is 30.3 Å². The number of anilines is 1. The van der Waals surface area contributed by atoms with E-state index in [1.54, 1.807) is 0 Å². The molecule has 0 atom stereocenters. The molecule has 1 aromatic rings. The summed E-state index contributed by atoms with van der Waals surface area (Å²) < 4.78 is 0. The molecule has 1 saturated heterocycles. The molecule has 1 fully saturated rings. The summed E-state index contributed by atoms with van der Waals surface area (Å²) in [5.41, 5.74) is 1.36. The van der Waals surface area contributed by atoms with Crippen LogP contribution in [0.1, 0.15) is 19.3 Å². The number of rotatable bonds is 1. The smallest absolute Gasteiger partial charge is 0.393 e. The minimum absolute atomic E-state index is 0. The topological polar surface area (TPSA) is 3.24 Å². The standard InChI is InChI=1S/C11H14N.Li/c1-3-7-11(8-4-1)12-9-5-2-6-10-12;/h3-4,7-8H,2,5-6,9-10H2;/q-1;+1. The Labute approximate surface area is 92.3 Å². The number of hydrogen-bond acceptors (Lipinski definition) is 1. The van der Waals surface area contributed by atoms with Gasteiger partial charge in [0.15, 0.2) is 0 Å². The molecule has 0 saturated carbocycles. The number of piperidine rings is 1. The van der Waals surface area contributed by atoms with Crippen LogP contribution in [0, 0.1) is 6.07 Å². The molecule has 0 amide bonds. The van der Waals surface area contributed by atoms with Gasteiger partial charge in [0.1, 0.15) is 0 Å². The first-order valence-electron chi connectivity index (χ1n) is 4.68. The molecular formula is C11H14LiN. The molecule has 2 heteroatoms. The molecule has 0 aromatic heterocycles. The average molecular weight is 167 g/mol. The van der Waals surface area contributed by atoms with Crippen LogP contribution in [-0.4, -0.2) is 13.1 Å². The molecule has 0 bridgehead atoms. The number of nitrogens with zero attached hydrogens (tertiary/aromatic N) is 1. The normalized spacial score (nSPS) is 16.5. The van der Waals surface area contributed by atoms with E-state index in [4.69, 9.17) is 0 Å². The van der Waals surface area contributed by atoms with Crippen molar-refractivity contribution in [3.8, 4) is 0 Å². The number of benzene rings is 1. The fourth-order valence-electron chi connectivity index (χ4n) is 1.74. The van der Waals surface area contributed by atoms with Gasteiger partial charge in [-0.05, 0) is 19.3 Å². The molecule has 1 aliphatic rings. The predicted molar refractivity (Wildman–Crippen MR) is 51.3 cm³/mol. The minimum atomic E-state index is 0. The largest absolute Gasteiger partial charge is 1.00 e. The van der Waals surface area contributed by atoms with Crippen LogP contribution in [0.2, 0.25) is 0 Å². The second-order valence-electron chi connectivity index (χ2n) is 3.31. The summed E-state index contributed by atoms with van der Waals surface area (Å²) in [6, 6.07) is 11.3. The van der Waals surface area contributed by atoms with Crippen LogP contribution in [0.3, 0.4) is 0 Å². The third-order valence-electron chi connectivity index (χ3n) is 2.42. The van der Waals surface area contributed by atoms with Crippen molar-refractivity contribution in [1.29, 1.82) is 0 Å². The van der Waals surface area contributed by atoms with Gasteiger partial charge >= 0.3 is 18.9 Å². The second kappa shape index (κ2) is 5.37. The molecule has 1 aliphatic heterocycles. The summed E-state index contributed by atoms with van der Waals surface area (Å²) >= 11 is 0. The van der Waals surface area contributed by atoms with Gasteiger partial charge in [0.05, 0.1) is 0 Å². The Hall–Kier alpha value is -0.383. The van der Waals surface area contributed by atoms with Crippen LogP contribution >= 0.6 is 0 Å². The van der Waals surface area contributed by atoms with E-state index in [0.717, 1.165) is 0 Å². The van der Waals surface area contributed by atoms with Crippen molar-refractivity contribution in [2.24, 2.45) is 0 Å². The van der Waals surface area contributed by atoms with Gasteiger partial charge < -0.3 is 4.90 Å². The maximum atomic E-state index is 3.05. The Morgan fingerprint density at radius 3 is 2.23 bits per heavy atom. The molecule has 2 rings (SSSR count). The Bertz CT molecular complexity index is 229. The van der Waals surface area contributed by atoms with E-state index in [-0.39, 0.29) is 18.9 Å². The Morgan fingerprint density at radius 1 is 1.00 bits per heavy atom. The molecule has 1 aromatic carbocycles.